The van der Waals surface area contributed by atoms with Crippen LogP contribution in [0.4, 0.5) is 11.7 Å². The van der Waals surface area contributed by atoms with E-state index < -0.39 is 0 Å². The summed E-state index contributed by atoms with van der Waals surface area (Å²) in [4.78, 5) is 8.73. The van der Waals surface area contributed by atoms with Gasteiger partial charge in [0.05, 0.1) is 12.2 Å². The Morgan fingerprint density at radius 2 is 2.11 bits per heavy atom. The van der Waals surface area contributed by atoms with Crippen molar-refractivity contribution in [2.45, 2.75) is 13.5 Å². The summed E-state index contributed by atoms with van der Waals surface area (Å²) >= 11 is 0. The van der Waals surface area contributed by atoms with Gasteiger partial charge in [-0.2, -0.15) is 4.98 Å². The number of nitrogens with two attached hydrogens (primary N) is 1. The van der Waals surface area contributed by atoms with Gasteiger partial charge >= 0.3 is 0 Å². The molecule has 2 heterocycles. The number of benzene rings is 1. The van der Waals surface area contributed by atoms with Crippen LogP contribution in [0.3, 0.4) is 0 Å². The lowest BCUT2D eigenvalue weighted by molar-refractivity contribution is 0.613. The summed E-state index contributed by atoms with van der Waals surface area (Å²) in [5.74, 6) is 0. The number of aryl methyl sites for hydroxylation is 1. The zero-order valence-electron chi connectivity index (χ0n) is 10.6. The van der Waals surface area contributed by atoms with Gasteiger partial charge in [-0.15, -0.1) is 0 Å². The molecule has 0 atom stereocenters. The Morgan fingerprint density at radius 1 is 1.21 bits per heavy atom. The van der Waals surface area contributed by atoms with Crippen molar-refractivity contribution in [2.75, 3.05) is 11.1 Å². The molecule has 0 aliphatic heterocycles. The first-order valence-corrected chi connectivity index (χ1v) is 6.03. The van der Waals surface area contributed by atoms with Gasteiger partial charge in [0.1, 0.15) is 5.52 Å². The number of fused-ring (bicyclic) bond motifs is 1. The average Bonchev–Trinajstić information content (AvgIpc) is 2.78. The molecule has 0 radical (unpaired) electrons. The summed E-state index contributed by atoms with van der Waals surface area (Å²) in [6, 6.07) is 11.8. The number of oxazole rings is 1. The molecule has 0 saturated carbocycles. The Labute approximate surface area is 110 Å². The minimum atomic E-state index is 0.476. The smallest absolute Gasteiger partial charge is 0.296 e. The second-order valence-electron chi connectivity index (χ2n) is 4.37. The topological polar surface area (TPSA) is 77.0 Å². The number of nitrogens with zero attached hydrogens (tertiary/aromatic N) is 2. The van der Waals surface area contributed by atoms with E-state index in [2.05, 4.69) is 15.3 Å². The lowest BCUT2D eigenvalue weighted by atomic mass is 10.3. The predicted octanol–water partition coefficient (Wildman–Crippen LogP) is 2.73. The van der Waals surface area contributed by atoms with Crippen molar-refractivity contribution >= 4 is 22.8 Å². The Balaban J connectivity index is 1.78. The van der Waals surface area contributed by atoms with Gasteiger partial charge in [-0.1, -0.05) is 6.07 Å². The Kier molecular flexibility index (Phi) is 2.79. The van der Waals surface area contributed by atoms with E-state index in [4.69, 9.17) is 10.2 Å². The molecule has 0 bridgehead atoms. The highest BCUT2D eigenvalue weighted by Crippen LogP contribution is 2.21. The van der Waals surface area contributed by atoms with Crippen LogP contribution in [-0.4, -0.2) is 9.97 Å². The van der Waals surface area contributed by atoms with Crippen LogP contribution in [0.25, 0.3) is 11.1 Å². The summed E-state index contributed by atoms with van der Waals surface area (Å²) in [7, 11) is 0. The molecule has 0 unspecified atom stereocenters. The molecule has 0 saturated heterocycles. The number of aromatic nitrogens is 2. The molecular formula is C14H14N4O. The molecule has 3 aromatic rings. The minimum Gasteiger partial charge on any atom is -0.424 e. The van der Waals surface area contributed by atoms with Crippen molar-refractivity contribution in [2.24, 2.45) is 0 Å². The maximum Gasteiger partial charge on any atom is 0.296 e. The minimum absolute atomic E-state index is 0.476. The molecule has 1 aromatic carbocycles. The molecule has 5 heteroatoms. The molecule has 0 aliphatic rings. The molecule has 5 nitrogen and oxygen atoms in total. The normalized spacial score (nSPS) is 10.8. The van der Waals surface area contributed by atoms with Crippen LogP contribution in [0, 0.1) is 6.92 Å². The lowest BCUT2D eigenvalue weighted by Crippen LogP contribution is -2.02. The summed E-state index contributed by atoms with van der Waals surface area (Å²) in [6.07, 6.45) is 0. The van der Waals surface area contributed by atoms with Crippen molar-refractivity contribution in [3.8, 4) is 0 Å². The zero-order chi connectivity index (χ0) is 13.2. The molecule has 0 fully saturated rings. The third-order valence-corrected chi connectivity index (χ3v) is 2.78. The molecule has 2 aromatic heterocycles. The number of hydrogen-bond donors (Lipinski definition) is 2. The van der Waals surface area contributed by atoms with E-state index in [1.54, 1.807) is 12.1 Å². The molecule has 0 amide bonds. The molecule has 3 rings (SSSR count). The van der Waals surface area contributed by atoms with Gasteiger partial charge in [0.15, 0.2) is 5.58 Å². The molecule has 19 heavy (non-hydrogen) atoms. The number of pyridine rings is 1. The first-order valence-electron chi connectivity index (χ1n) is 6.03. The van der Waals surface area contributed by atoms with E-state index in [0.29, 0.717) is 23.8 Å². The molecule has 3 N–H and O–H groups in total. The van der Waals surface area contributed by atoms with Crippen LogP contribution >= 0.6 is 0 Å². The Morgan fingerprint density at radius 3 is 2.95 bits per heavy atom. The van der Waals surface area contributed by atoms with Crippen molar-refractivity contribution in [3.05, 3.63) is 47.8 Å². The zero-order valence-corrected chi connectivity index (χ0v) is 10.6. The van der Waals surface area contributed by atoms with Crippen molar-refractivity contribution < 1.29 is 4.42 Å². The van der Waals surface area contributed by atoms with Crippen LogP contribution in [0.15, 0.2) is 40.8 Å². The summed E-state index contributed by atoms with van der Waals surface area (Å²) in [5, 5.41) is 3.12. The summed E-state index contributed by atoms with van der Waals surface area (Å²) in [6.45, 7) is 2.54. The highest BCUT2D eigenvalue weighted by molar-refractivity contribution is 5.78. The van der Waals surface area contributed by atoms with Gasteiger partial charge in [0.25, 0.3) is 6.01 Å². The van der Waals surface area contributed by atoms with Gasteiger partial charge in [-0.3, -0.25) is 4.98 Å². The fraction of sp³-hybridized carbons (Fsp3) is 0.143. The van der Waals surface area contributed by atoms with Crippen LogP contribution in [0.1, 0.15) is 11.4 Å². The maximum absolute atomic E-state index is 5.70. The number of nitrogen functional groups attached to an aromatic ring is 1. The predicted molar refractivity (Wildman–Crippen MR) is 74.7 cm³/mol. The van der Waals surface area contributed by atoms with Gasteiger partial charge in [-0.05, 0) is 37.3 Å². The van der Waals surface area contributed by atoms with E-state index in [1.807, 2.05) is 31.2 Å². The van der Waals surface area contributed by atoms with Crippen molar-refractivity contribution in [1.82, 2.24) is 9.97 Å². The molecule has 0 aliphatic carbocycles. The molecule has 96 valence electrons. The Hall–Kier alpha value is -2.56. The fourth-order valence-electron chi connectivity index (χ4n) is 1.88. The fourth-order valence-corrected chi connectivity index (χ4v) is 1.88. The average molecular weight is 254 g/mol. The van der Waals surface area contributed by atoms with Crippen LogP contribution in [0.5, 0.6) is 0 Å². The highest BCUT2D eigenvalue weighted by atomic mass is 16.4. The number of anilines is 2. The maximum atomic E-state index is 5.70. The molecule has 0 spiro atoms. The number of rotatable bonds is 3. The first-order chi connectivity index (χ1) is 9.20. The van der Waals surface area contributed by atoms with Gasteiger partial charge in [0.2, 0.25) is 0 Å². The van der Waals surface area contributed by atoms with E-state index in [-0.39, 0.29) is 0 Å². The van der Waals surface area contributed by atoms with Crippen LogP contribution in [-0.2, 0) is 6.54 Å². The van der Waals surface area contributed by atoms with E-state index in [9.17, 15) is 0 Å². The second kappa shape index (κ2) is 4.61. The van der Waals surface area contributed by atoms with Crippen molar-refractivity contribution in [1.29, 1.82) is 0 Å². The third kappa shape index (κ3) is 2.49. The van der Waals surface area contributed by atoms with Crippen LogP contribution < -0.4 is 11.1 Å². The van der Waals surface area contributed by atoms with Crippen molar-refractivity contribution in [3.63, 3.8) is 0 Å². The van der Waals surface area contributed by atoms with E-state index >= 15 is 0 Å². The summed E-state index contributed by atoms with van der Waals surface area (Å²) in [5.41, 5.74) is 9.78. The SMILES string of the molecule is Cc1cccc(CNc2nc3cc(N)ccc3o2)n1. The standard InChI is InChI=1S/C14H14N4O/c1-9-3-2-4-11(17-9)8-16-14-18-12-7-10(15)5-6-13(12)19-14/h2-7H,8,15H2,1H3,(H,16,18). The monoisotopic (exact) mass is 254 g/mol. The van der Waals surface area contributed by atoms with Gasteiger partial charge in [0, 0.05) is 11.4 Å². The van der Waals surface area contributed by atoms with E-state index in [1.165, 1.54) is 0 Å². The van der Waals surface area contributed by atoms with Gasteiger partial charge < -0.3 is 15.5 Å². The number of hydrogen-bond acceptors (Lipinski definition) is 5. The quantitative estimate of drug-likeness (QED) is 0.703. The Bertz CT molecular complexity index is 720. The molecular weight excluding hydrogens is 240 g/mol. The number of nitrogens with one attached hydrogen (secondary N) is 1. The van der Waals surface area contributed by atoms with E-state index in [0.717, 1.165) is 16.9 Å². The summed E-state index contributed by atoms with van der Waals surface area (Å²) < 4.78 is 5.57. The highest BCUT2D eigenvalue weighted by Gasteiger charge is 2.05. The van der Waals surface area contributed by atoms with Gasteiger partial charge in [-0.25, -0.2) is 0 Å². The second-order valence-corrected chi connectivity index (χ2v) is 4.37. The first kappa shape index (κ1) is 11.5. The largest absolute Gasteiger partial charge is 0.424 e. The third-order valence-electron chi connectivity index (χ3n) is 2.78. The van der Waals surface area contributed by atoms with Crippen LogP contribution in [0.2, 0.25) is 0 Å². The lowest BCUT2D eigenvalue weighted by Gasteiger charge is -2.01.